The average molecular weight is 1590 g/mol. The summed E-state index contributed by atoms with van der Waals surface area (Å²) in [6.07, 6.45) is 38.9. The molecule has 592 valence electrons. The molecule has 4 atom stereocenters. The smallest absolute Gasteiger partial charge is 0.137 e. The summed E-state index contributed by atoms with van der Waals surface area (Å²) in [5, 5.41) is 4.72. The van der Waals surface area contributed by atoms with Crippen molar-refractivity contribution in [3.8, 4) is 39.1 Å². The van der Waals surface area contributed by atoms with Crippen LogP contribution >= 0.6 is 0 Å². The molecular weight excluding hydrogens is 1490 g/mol. The van der Waals surface area contributed by atoms with Gasteiger partial charge >= 0.3 is 0 Å². The van der Waals surface area contributed by atoms with Crippen LogP contribution in [0.3, 0.4) is 0 Å². The molecule has 0 saturated carbocycles. The molecule has 2 heterocycles. The summed E-state index contributed by atoms with van der Waals surface area (Å²) in [7, 11) is 0. The number of furan rings is 1. The van der Waals surface area contributed by atoms with Gasteiger partial charge in [0.25, 0.3) is 0 Å². The zero-order valence-corrected chi connectivity index (χ0v) is 69.2. The van der Waals surface area contributed by atoms with Crippen LogP contribution in [0.1, 0.15) is 97.6 Å². The van der Waals surface area contributed by atoms with Crippen LogP contribution in [0, 0.1) is 0 Å². The minimum Gasteiger partial charge on any atom is -0.456 e. The molecule has 0 radical (unpaired) electrons. The highest BCUT2D eigenvalue weighted by Crippen LogP contribution is 2.53. The molecule has 6 aliphatic carbocycles. The van der Waals surface area contributed by atoms with Crippen LogP contribution in [0.25, 0.3) is 94.0 Å². The second kappa shape index (κ2) is 31.8. The van der Waals surface area contributed by atoms with Gasteiger partial charge in [0.15, 0.2) is 0 Å². The van der Waals surface area contributed by atoms with E-state index in [2.05, 4.69) is 463 Å². The average Bonchev–Trinajstić information content (AvgIpc) is 1.56. The lowest BCUT2D eigenvalue weighted by Crippen LogP contribution is -2.34. The Labute approximate surface area is 720 Å². The second-order valence-electron chi connectivity index (χ2n) is 34.0. The molecule has 0 bridgehead atoms. The third-order valence-corrected chi connectivity index (χ3v) is 26.4. The molecule has 4 unspecified atom stereocenters. The van der Waals surface area contributed by atoms with Gasteiger partial charge < -0.3 is 28.6 Å². The van der Waals surface area contributed by atoms with Gasteiger partial charge in [0, 0.05) is 107 Å². The van der Waals surface area contributed by atoms with Gasteiger partial charge in [0.05, 0.1) is 23.1 Å². The number of fused-ring (bicyclic) bond motifs is 9. The van der Waals surface area contributed by atoms with Crippen molar-refractivity contribution in [2.75, 3.05) is 19.6 Å². The quantitative estimate of drug-likeness (QED) is 0.0805. The van der Waals surface area contributed by atoms with Crippen molar-refractivity contribution in [1.29, 1.82) is 0 Å². The van der Waals surface area contributed by atoms with Gasteiger partial charge in [-0.2, -0.15) is 0 Å². The largest absolute Gasteiger partial charge is 0.456 e. The minimum absolute atomic E-state index is 0.0124. The molecular formula is C117H93N5O. The number of allylic oxidation sites excluding steroid dienone is 14. The predicted octanol–water partition coefficient (Wildman–Crippen LogP) is 30.6. The van der Waals surface area contributed by atoms with Crippen LogP contribution in [0.15, 0.2) is 458 Å². The van der Waals surface area contributed by atoms with Crippen LogP contribution < -0.4 is 19.6 Å². The van der Waals surface area contributed by atoms with Gasteiger partial charge in [0.2, 0.25) is 0 Å². The summed E-state index contributed by atoms with van der Waals surface area (Å²) < 4.78 is 9.05. The fourth-order valence-electron chi connectivity index (χ4n) is 20.2. The molecule has 0 N–H and O–H groups in total. The Hall–Kier alpha value is -14.7. The molecule has 22 rings (SSSR count). The van der Waals surface area contributed by atoms with Crippen molar-refractivity contribution in [2.45, 2.75) is 81.7 Å². The summed E-state index contributed by atoms with van der Waals surface area (Å²) in [6.45, 7) is 4.86. The fraction of sp³-hybridized carbons (Fsp3) is 0.111. The van der Waals surface area contributed by atoms with E-state index in [1.165, 1.54) is 128 Å². The summed E-state index contributed by atoms with van der Waals surface area (Å²) in [5.74, 6) is 0.103. The SMILES string of the molecule is CC1(C)c2ccc(C3C=C(N(c4ccc(-c5ccccc5)cc4)C4C=CC(c5ccc(N(C6=CC=C(c7ccccc7)CC6)c6ccc7c(c6)oc6ccccc67)cc5)=CC4)C=CC3c3ccccc3)cc2-c2ccc(-n3c4ccccc4c4ccc(N(c5ccccc5)C5C=CC(N(C6=CC=CCC6)c6ccc(-c7ccccc7)cc6)=CC5)cc43)cc21. The van der Waals surface area contributed by atoms with Crippen LogP contribution in [-0.4, -0.2) is 16.7 Å². The van der Waals surface area contributed by atoms with Crippen LogP contribution in [-0.2, 0) is 5.41 Å². The maximum atomic E-state index is 6.52. The molecule has 0 fully saturated rings. The Morgan fingerprint density at radius 1 is 0.350 bits per heavy atom. The normalized spacial score (nSPS) is 17.5. The zero-order valence-electron chi connectivity index (χ0n) is 69.2. The first-order valence-electron chi connectivity index (χ1n) is 43.6. The number of aromatic nitrogens is 1. The predicted molar refractivity (Wildman–Crippen MR) is 516 cm³/mol. The van der Waals surface area contributed by atoms with E-state index in [0.29, 0.717) is 0 Å². The number of hydrogen-bond donors (Lipinski definition) is 0. The van der Waals surface area contributed by atoms with Crippen molar-refractivity contribution in [1.82, 2.24) is 4.57 Å². The van der Waals surface area contributed by atoms with E-state index in [9.17, 15) is 0 Å². The summed E-state index contributed by atoms with van der Waals surface area (Å²) in [4.78, 5) is 10.0. The Morgan fingerprint density at radius 3 is 1.62 bits per heavy atom. The number of rotatable bonds is 19. The highest BCUT2D eigenvalue weighted by molar-refractivity contribution is 6.11. The van der Waals surface area contributed by atoms with E-state index in [1.54, 1.807) is 0 Å². The number of anilines is 6. The highest BCUT2D eigenvalue weighted by Gasteiger charge is 2.39. The molecule has 2 aromatic heterocycles. The van der Waals surface area contributed by atoms with Crippen molar-refractivity contribution in [3.63, 3.8) is 0 Å². The Morgan fingerprint density at radius 2 is 0.927 bits per heavy atom. The standard InChI is InChI=1S/C117H93N5O/c1-117(2)111-74-51-89(75-110(111)104-71-67-100(77-112(104)117)122-113-39-23-21-37-105(113)106-72-68-101(78-114(106)122)119(91-35-19-8-20-36-91)98-64-62-97(63-65-98)118(90-33-17-7-18-34-90)92-52-41-83(42-53-92)80-25-9-3-10-26-80)109-76-99(66-70-103(109)88-31-15-6-16-32-88)120(93-54-43-84(44-55-93)81-27-11-4-12-28-81)94-58-47-86(48-59-94)87-49-60-96(61-50-87)121(95-56-45-85(46-57-95)82-29-13-5-14-30-82)102-69-73-108-107-38-22-24-40-115(107)123-116(108)79-102/h3-17,19-33,35-45,47-56,58,60-64,66-79,94,98,103,109H,18,34,46,57,59,65H2,1-2H3. The van der Waals surface area contributed by atoms with E-state index in [-0.39, 0.29) is 29.3 Å². The maximum Gasteiger partial charge on any atom is 0.137 e. The Kier molecular flexibility index (Phi) is 19.3. The van der Waals surface area contributed by atoms with Gasteiger partial charge in [-0.15, -0.1) is 0 Å². The molecule has 123 heavy (non-hydrogen) atoms. The zero-order chi connectivity index (χ0) is 81.9. The first-order chi connectivity index (χ1) is 60.7. The van der Waals surface area contributed by atoms with Gasteiger partial charge in [-0.3, -0.25) is 0 Å². The minimum atomic E-state index is -0.292. The molecule has 0 amide bonds. The fourth-order valence-corrected chi connectivity index (χ4v) is 20.2. The Balaban J connectivity index is 0.584. The number of para-hydroxylation sites is 3. The highest BCUT2D eigenvalue weighted by atomic mass is 16.3. The summed E-state index contributed by atoms with van der Waals surface area (Å²) in [5.41, 5.74) is 34.5. The lowest BCUT2D eigenvalue weighted by atomic mass is 9.76. The lowest BCUT2D eigenvalue weighted by Gasteiger charge is -2.37. The third-order valence-electron chi connectivity index (χ3n) is 26.4. The molecule has 0 spiro atoms. The van der Waals surface area contributed by atoms with Crippen molar-refractivity contribution < 1.29 is 4.42 Å². The molecule has 0 saturated heterocycles. The first kappa shape index (κ1) is 74.6. The van der Waals surface area contributed by atoms with Crippen molar-refractivity contribution in [2.24, 2.45) is 0 Å². The van der Waals surface area contributed by atoms with E-state index < -0.39 is 0 Å². The second-order valence-corrected chi connectivity index (χ2v) is 34.0. The first-order valence-corrected chi connectivity index (χ1v) is 43.6. The molecule has 6 heteroatoms. The van der Waals surface area contributed by atoms with E-state index >= 15 is 0 Å². The van der Waals surface area contributed by atoms with E-state index in [0.717, 1.165) is 94.6 Å². The van der Waals surface area contributed by atoms with Crippen LogP contribution in [0.5, 0.6) is 0 Å². The summed E-state index contributed by atoms with van der Waals surface area (Å²) in [6, 6.07) is 128. The lowest BCUT2D eigenvalue weighted by molar-refractivity contribution is 0.658. The van der Waals surface area contributed by atoms with Crippen molar-refractivity contribution in [3.05, 3.63) is 487 Å². The number of benzene rings is 14. The number of nitrogens with zero attached hydrogens (tertiary/aromatic N) is 5. The Bertz CT molecular complexity index is 7070. The number of hydrogen-bond acceptors (Lipinski definition) is 5. The monoisotopic (exact) mass is 1580 g/mol. The van der Waals surface area contributed by atoms with Gasteiger partial charge in [-0.1, -0.05) is 317 Å². The van der Waals surface area contributed by atoms with Crippen molar-refractivity contribution >= 4 is 89.0 Å². The van der Waals surface area contributed by atoms with Gasteiger partial charge in [0.1, 0.15) is 11.2 Å². The van der Waals surface area contributed by atoms with Gasteiger partial charge in [-0.25, -0.2) is 0 Å². The molecule has 6 aliphatic rings. The topological polar surface area (TPSA) is 31.0 Å². The molecule has 14 aromatic carbocycles. The van der Waals surface area contributed by atoms with E-state index in [4.69, 9.17) is 4.42 Å². The van der Waals surface area contributed by atoms with Crippen LogP contribution in [0.2, 0.25) is 0 Å². The maximum absolute atomic E-state index is 6.52. The van der Waals surface area contributed by atoms with Crippen LogP contribution in [0.4, 0.5) is 34.1 Å². The molecule has 0 aliphatic heterocycles. The summed E-state index contributed by atoms with van der Waals surface area (Å²) >= 11 is 0. The third kappa shape index (κ3) is 13.9. The molecule has 6 nitrogen and oxygen atoms in total. The van der Waals surface area contributed by atoms with E-state index in [1.807, 2.05) is 6.07 Å². The van der Waals surface area contributed by atoms with Gasteiger partial charge in [-0.05, 0) is 238 Å². The molecule has 16 aromatic rings.